The van der Waals surface area contributed by atoms with Crippen LogP contribution in [0, 0.1) is 0 Å². The van der Waals surface area contributed by atoms with Gasteiger partial charge in [-0.25, -0.2) is 9.98 Å². The Bertz CT molecular complexity index is 781. The fourth-order valence-electron chi connectivity index (χ4n) is 3.66. The van der Waals surface area contributed by atoms with Gasteiger partial charge in [0.05, 0.1) is 12.2 Å². The van der Waals surface area contributed by atoms with Crippen LogP contribution in [-0.4, -0.2) is 49.8 Å². The van der Waals surface area contributed by atoms with E-state index in [1.807, 2.05) is 12.1 Å². The minimum absolute atomic E-state index is 0. The second kappa shape index (κ2) is 11.0. The Morgan fingerprint density at radius 1 is 1.28 bits per heavy atom. The first-order valence-electron chi connectivity index (χ1n) is 10.3. The van der Waals surface area contributed by atoms with Crippen LogP contribution >= 0.6 is 35.3 Å². The number of halogens is 1. The molecular formula is C21H30IN5OS. The summed E-state index contributed by atoms with van der Waals surface area (Å²) in [5, 5.41) is 10.1. The van der Waals surface area contributed by atoms with E-state index in [1.54, 1.807) is 11.3 Å². The van der Waals surface area contributed by atoms with Crippen LogP contribution < -0.4 is 20.3 Å². The van der Waals surface area contributed by atoms with Gasteiger partial charge in [-0.2, -0.15) is 0 Å². The maximum Gasteiger partial charge on any atom is 0.191 e. The summed E-state index contributed by atoms with van der Waals surface area (Å²) < 4.78 is 5.98. The number of anilines is 1. The summed E-state index contributed by atoms with van der Waals surface area (Å²) in [7, 11) is 0. The quantitative estimate of drug-likeness (QED) is 0.328. The monoisotopic (exact) mass is 527 g/mol. The van der Waals surface area contributed by atoms with Gasteiger partial charge >= 0.3 is 0 Å². The van der Waals surface area contributed by atoms with Crippen LogP contribution in [0.4, 0.5) is 5.13 Å². The number of para-hydroxylation sites is 1. The number of fused-ring (bicyclic) bond motifs is 1. The lowest BCUT2D eigenvalue weighted by Gasteiger charge is -2.13. The Kier molecular flexibility index (Phi) is 8.40. The fourth-order valence-corrected chi connectivity index (χ4v) is 4.58. The number of thiazole rings is 1. The lowest BCUT2D eigenvalue weighted by atomic mass is 10.1. The molecule has 0 radical (unpaired) electrons. The molecular weight excluding hydrogens is 497 g/mol. The number of benzene rings is 1. The average Bonchev–Trinajstić information content (AvgIpc) is 3.45. The zero-order chi connectivity index (χ0) is 19.2. The van der Waals surface area contributed by atoms with Gasteiger partial charge in [0.25, 0.3) is 0 Å². The molecule has 2 aromatic rings. The molecule has 0 spiro atoms. The average molecular weight is 527 g/mol. The molecule has 1 atom stereocenters. The zero-order valence-electron chi connectivity index (χ0n) is 16.9. The van der Waals surface area contributed by atoms with Crippen LogP contribution in [0.5, 0.6) is 5.75 Å². The van der Waals surface area contributed by atoms with Crippen LogP contribution in [0.3, 0.4) is 0 Å². The zero-order valence-corrected chi connectivity index (χ0v) is 20.0. The largest absolute Gasteiger partial charge is 0.488 e. The smallest absolute Gasteiger partial charge is 0.191 e. The highest BCUT2D eigenvalue weighted by Crippen LogP contribution is 2.28. The third kappa shape index (κ3) is 5.97. The molecule has 1 aromatic carbocycles. The molecule has 0 aliphatic carbocycles. The Labute approximate surface area is 194 Å². The molecule has 0 saturated carbocycles. The van der Waals surface area contributed by atoms with Crippen molar-refractivity contribution in [3.8, 4) is 5.75 Å². The molecule has 2 aliphatic rings. The Hall–Kier alpha value is -1.55. The number of hydrogen-bond donors (Lipinski definition) is 2. The van der Waals surface area contributed by atoms with Crippen molar-refractivity contribution < 1.29 is 4.74 Å². The molecule has 1 aromatic heterocycles. The predicted molar refractivity (Wildman–Crippen MR) is 131 cm³/mol. The van der Waals surface area contributed by atoms with E-state index in [1.165, 1.54) is 23.5 Å². The summed E-state index contributed by atoms with van der Waals surface area (Å²) in [6, 6.07) is 8.25. The number of ether oxygens (including phenoxy) is 1. The van der Waals surface area contributed by atoms with Crippen LogP contribution in [0.25, 0.3) is 0 Å². The highest BCUT2D eigenvalue weighted by atomic mass is 127. The third-order valence-electron chi connectivity index (χ3n) is 5.10. The summed E-state index contributed by atoms with van der Waals surface area (Å²) in [6.45, 7) is 6.70. The van der Waals surface area contributed by atoms with Gasteiger partial charge < -0.3 is 20.3 Å². The van der Waals surface area contributed by atoms with Crippen molar-refractivity contribution in [3.05, 3.63) is 40.9 Å². The molecule has 8 heteroatoms. The van der Waals surface area contributed by atoms with E-state index in [0.717, 1.165) is 56.4 Å². The standard InChI is InChI=1S/C21H29N5OS.HI/c1-2-22-20(24-14-18-13-16-7-3-4-8-19(16)27-18)23-10-9-17-15-28-21(25-17)26-11-5-6-12-26;/h3-4,7-8,15,18H,2,5-6,9-14H2,1H3,(H2,22,23,24);1H. The van der Waals surface area contributed by atoms with Crippen molar-refractivity contribution in [1.29, 1.82) is 0 Å². The van der Waals surface area contributed by atoms with Crippen molar-refractivity contribution in [2.45, 2.75) is 38.7 Å². The minimum Gasteiger partial charge on any atom is -0.488 e. The second-order valence-corrected chi connectivity index (χ2v) is 8.10. The third-order valence-corrected chi connectivity index (χ3v) is 6.05. The van der Waals surface area contributed by atoms with E-state index in [-0.39, 0.29) is 30.1 Å². The van der Waals surface area contributed by atoms with E-state index in [9.17, 15) is 0 Å². The molecule has 2 aliphatic heterocycles. The van der Waals surface area contributed by atoms with E-state index < -0.39 is 0 Å². The first kappa shape index (κ1) is 22.1. The first-order valence-corrected chi connectivity index (χ1v) is 11.2. The molecule has 4 rings (SSSR count). The van der Waals surface area contributed by atoms with E-state index in [4.69, 9.17) is 14.7 Å². The molecule has 3 heterocycles. The van der Waals surface area contributed by atoms with E-state index in [2.05, 4.69) is 40.0 Å². The van der Waals surface area contributed by atoms with Crippen LogP contribution in [0.1, 0.15) is 31.0 Å². The minimum atomic E-state index is 0. The van der Waals surface area contributed by atoms with Gasteiger partial charge in [0.1, 0.15) is 11.9 Å². The number of aliphatic imine (C=N–C) groups is 1. The summed E-state index contributed by atoms with van der Waals surface area (Å²) in [5.74, 6) is 1.84. The van der Waals surface area contributed by atoms with Crippen molar-refractivity contribution in [3.63, 3.8) is 0 Å². The van der Waals surface area contributed by atoms with Crippen molar-refractivity contribution in [1.82, 2.24) is 15.6 Å². The number of rotatable bonds is 7. The number of aromatic nitrogens is 1. The number of nitrogens with one attached hydrogen (secondary N) is 2. The van der Waals surface area contributed by atoms with Crippen molar-refractivity contribution >= 4 is 46.4 Å². The van der Waals surface area contributed by atoms with Gasteiger partial charge in [0, 0.05) is 44.4 Å². The molecule has 158 valence electrons. The van der Waals surface area contributed by atoms with Crippen molar-refractivity contribution in [2.24, 2.45) is 4.99 Å². The maximum absolute atomic E-state index is 5.98. The Morgan fingerprint density at radius 2 is 2.10 bits per heavy atom. The topological polar surface area (TPSA) is 61.8 Å². The van der Waals surface area contributed by atoms with E-state index in [0.29, 0.717) is 6.54 Å². The lowest BCUT2D eigenvalue weighted by Crippen LogP contribution is -2.39. The normalized spacial score (nSPS) is 18.2. The maximum atomic E-state index is 5.98. The predicted octanol–water partition coefficient (Wildman–Crippen LogP) is 3.46. The summed E-state index contributed by atoms with van der Waals surface area (Å²) in [5.41, 5.74) is 2.43. The van der Waals surface area contributed by atoms with Gasteiger partial charge in [-0.3, -0.25) is 0 Å². The van der Waals surface area contributed by atoms with E-state index >= 15 is 0 Å². The summed E-state index contributed by atoms with van der Waals surface area (Å²) in [4.78, 5) is 11.9. The highest BCUT2D eigenvalue weighted by Gasteiger charge is 2.22. The SMILES string of the molecule is CCNC(=NCC1Cc2ccccc2O1)NCCc1csc(N2CCCC2)n1.I. The van der Waals surface area contributed by atoms with Gasteiger partial charge in [0.15, 0.2) is 11.1 Å². The molecule has 2 N–H and O–H groups in total. The van der Waals surface area contributed by atoms with Gasteiger partial charge in [-0.1, -0.05) is 18.2 Å². The van der Waals surface area contributed by atoms with Gasteiger partial charge in [-0.05, 0) is 31.4 Å². The lowest BCUT2D eigenvalue weighted by molar-refractivity contribution is 0.241. The highest BCUT2D eigenvalue weighted by molar-refractivity contribution is 14.0. The summed E-state index contributed by atoms with van der Waals surface area (Å²) in [6.07, 6.45) is 4.52. The molecule has 0 bridgehead atoms. The van der Waals surface area contributed by atoms with Crippen LogP contribution in [0.15, 0.2) is 34.6 Å². The number of guanidine groups is 1. The molecule has 29 heavy (non-hydrogen) atoms. The number of nitrogens with zero attached hydrogens (tertiary/aromatic N) is 3. The van der Waals surface area contributed by atoms with Crippen LogP contribution in [-0.2, 0) is 12.8 Å². The fraction of sp³-hybridized carbons (Fsp3) is 0.524. The molecule has 1 fully saturated rings. The Morgan fingerprint density at radius 3 is 2.90 bits per heavy atom. The molecule has 0 amide bonds. The first-order chi connectivity index (χ1) is 13.8. The van der Waals surface area contributed by atoms with Crippen molar-refractivity contribution in [2.75, 3.05) is 37.6 Å². The van der Waals surface area contributed by atoms with Gasteiger partial charge in [-0.15, -0.1) is 35.3 Å². The Balaban J connectivity index is 0.00000240. The van der Waals surface area contributed by atoms with Gasteiger partial charge in [0.2, 0.25) is 0 Å². The molecule has 1 saturated heterocycles. The summed E-state index contributed by atoms with van der Waals surface area (Å²) >= 11 is 1.76. The second-order valence-electron chi connectivity index (χ2n) is 7.26. The van der Waals surface area contributed by atoms with Crippen LogP contribution in [0.2, 0.25) is 0 Å². The molecule has 1 unspecified atom stereocenters. The number of hydrogen-bond acceptors (Lipinski definition) is 5. The molecule has 6 nitrogen and oxygen atoms in total.